The summed E-state index contributed by atoms with van der Waals surface area (Å²) >= 11 is 0. The molecule has 4 heterocycles. The van der Waals surface area contributed by atoms with Crippen molar-refractivity contribution in [2.24, 2.45) is 4.99 Å². The minimum atomic E-state index is -0.489. The average molecular weight is 426 g/mol. The van der Waals surface area contributed by atoms with Crippen molar-refractivity contribution in [2.45, 2.75) is 51.9 Å². The molecule has 166 valence electrons. The highest BCUT2D eigenvalue weighted by molar-refractivity contribution is 5.78. The maximum atomic E-state index is 13.6. The van der Waals surface area contributed by atoms with Crippen LogP contribution in [0.2, 0.25) is 0 Å². The van der Waals surface area contributed by atoms with Gasteiger partial charge >= 0.3 is 6.03 Å². The number of fused-ring (bicyclic) bond motifs is 1. The number of anilines is 2. The molecule has 1 saturated heterocycles. The third-order valence-electron chi connectivity index (χ3n) is 6.41. The van der Waals surface area contributed by atoms with E-state index in [1.165, 1.54) is 0 Å². The quantitative estimate of drug-likeness (QED) is 0.731. The number of H-pyrrole nitrogens is 1. The second-order valence-electron chi connectivity index (χ2n) is 8.96. The van der Waals surface area contributed by atoms with Gasteiger partial charge in [0.05, 0.1) is 24.0 Å². The van der Waals surface area contributed by atoms with Gasteiger partial charge in [-0.15, -0.1) is 0 Å². The van der Waals surface area contributed by atoms with Crippen molar-refractivity contribution in [3.63, 3.8) is 0 Å². The number of aliphatic imine (C=N–C) groups is 1. The first-order chi connectivity index (χ1) is 14.7. The Morgan fingerprint density at radius 1 is 1.32 bits per heavy atom. The van der Waals surface area contributed by atoms with Gasteiger partial charge in [-0.25, -0.2) is 14.8 Å². The second-order valence-corrected chi connectivity index (χ2v) is 8.96. The zero-order valence-corrected chi connectivity index (χ0v) is 19.0. The molecule has 10 heteroatoms. The fourth-order valence-electron chi connectivity index (χ4n) is 4.39. The number of carbonyl (C=O) groups is 1. The Labute approximate surface area is 182 Å². The molecular weight excluding hydrogens is 394 g/mol. The van der Waals surface area contributed by atoms with E-state index >= 15 is 0 Å². The Hall–Kier alpha value is -3.01. The summed E-state index contributed by atoms with van der Waals surface area (Å²) < 4.78 is 0. The number of piperazine rings is 1. The van der Waals surface area contributed by atoms with Crippen LogP contribution in [0.4, 0.5) is 16.4 Å². The molecule has 0 unspecified atom stereocenters. The van der Waals surface area contributed by atoms with Crippen molar-refractivity contribution >= 4 is 23.9 Å². The van der Waals surface area contributed by atoms with Crippen LogP contribution in [0.25, 0.3) is 0 Å². The van der Waals surface area contributed by atoms with Crippen molar-refractivity contribution in [1.82, 2.24) is 34.9 Å². The fourth-order valence-corrected chi connectivity index (χ4v) is 4.39. The number of rotatable bonds is 3. The summed E-state index contributed by atoms with van der Waals surface area (Å²) in [5.74, 6) is 1.83. The summed E-state index contributed by atoms with van der Waals surface area (Å²) in [4.78, 5) is 32.4. The number of amides is 2. The third kappa shape index (κ3) is 3.76. The SMILES string of the molecule is CN=Cc1nccc(Nc2n[nH]c3c2CN(C(=O)N2C[C@@H](C)N(C)C[C@@H]2C)C3(C)C)n1. The van der Waals surface area contributed by atoms with E-state index in [4.69, 9.17) is 0 Å². The smallest absolute Gasteiger partial charge is 0.321 e. The van der Waals surface area contributed by atoms with Crippen LogP contribution in [0.3, 0.4) is 0 Å². The Bertz CT molecular complexity index is 998. The number of urea groups is 1. The first-order valence-electron chi connectivity index (χ1n) is 10.6. The van der Waals surface area contributed by atoms with E-state index in [0.29, 0.717) is 30.0 Å². The molecule has 1 fully saturated rings. The number of carbonyl (C=O) groups excluding carboxylic acids is 1. The van der Waals surface area contributed by atoms with Crippen LogP contribution in [-0.2, 0) is 12.1 Å². The van der Waals surface area contributed by atoms with Crippen LogP contribution < -0.4 is 5.32 Å². The summed E-state index contributed by atoms with van der Waals surface area (Å²) in [6.45, 7) is 10.5. The lowest BCUT2D eigenvalue weighted by Gasteiger charge is -2.45. The number of hydrogen-bond donors (Lipinski definition) is 2. The molecule has 2 aliphatic heterocycles. The maximum Gasteiger partial charge on any atom is 0.321 e. The van der Waals surface area contributed by atoms with Crippen molar-refractivity contribution in [3.05, 3.63) is 29.3 Å². The van der Waals surface area contributed by atoms with Gasteiger partial charge < -0.3 is 15.1 Å². The molecule has 0 aromatic carbocycles. The number of nitrogens with one attached hydrogen (secondary N) is 2. The minimum Gasteiger partial charge on any atom is -0.323 e. The van der Waals surface area contributed by atoms with Gasteiger partial charge in [-0.05, 0) is 40.8 Å². The van der Waals surface area contributed by atoms with E-state index < -0.39 is 5.54 Å². The lowest BCUT2D eigenvalue weighted by Crippen LogP contribution is -2.60. The molecular formula is C21H31N9O. The van der Waals surface area contributed by atoms with E-state index in [0.717, 1.165) is 24.3 Å². The summed E-state index contributed by atoms with van der Waals surface area (Å²) in [6, 6.07) is 2.35. The van der Waals surface area contributed by atoms with Crippen LogP contribution in [0, 0.1) is 0 Å². The molecule has 2 aromatic heterocycles. The van der Waals surface area contributed by atoms with Crippen LogP contribution in [0.15, 0.2) is 17.3 Å². The first-order valence-corrected chi connectivity index (χ1v) is 10.6. The molecule has 2 aromatic rings. The normalized spacial score (nSPS) is 23.4. The van der Waals surface area contributed by atoms with E-state index in [-0.39, 0.29) is 12.1 Å². The summed E-state index contributed by atoms with van der Waals surface area (Å²) in [7, 11) is 3.79. The van der Waals surface area contributed by atoms with Crippen LogP contribution in [0.1, 0.15) is 44.8 Å². The maximum absolute atomic E-state index is 13.6. The zero-order chi connectivity index (χ0) is 22.3. The molecule has 2 N–H and O–H groups in total. The largest absolute Gasteiger partial charge is 0.323 e. The van der Waals surface area contributed by atoms with Crippen molar-refractivity contribution in [3.8, 4) is 0 Å². The minimum absolute atomic E-state index is 0.0662. The Morgan fingerprint density at radius 2 is 2.10 bits per heavy atom. The number of aromatic nitrogens is 4. The number of nitrogens with zero attached hydrogens (tertiary/aromatic N) is 7. The highest BCUT2D eigenvalue weighted by Crippen LogP contribution is 2.41. The standard InChI is InChI=1S/C21H31N9O/c1-13-11-29(14(2)10-28(13)6)20(31)30-12-15-18(21(30,3)4)26-27-19(15)25-16-7-8-23-17(24-16)9-22-5/h7-9,13-14H,10-12H2,1-6H3,(H2,23,24,25,26,27)/t13-,14+/m1/s1. The van der Waals surface area contributed by atoms with Gasteiger partial charge in [0.25, 0.3) is 0 Å². The van der Waals surface area contributed by atoms with Crippen molar-refractivity contribution < 1.29 is 4.79 Å². The number of hydrogen-bond acceptors (Lipinski definition) is 7. The Kier molecular flexibility index (Phi) is 5.42. The lowest BCUT2D eigenvalue weighted by molar-refractivity contribution is 0.0457. The number of likely N-dealkylation sites (N-methyl/N-ethyl adjacent to an activating group) is 1. The highest BCUT2D eigenvalue weighted by Gasteiger charge is 2.46. The summed E-state index contributed by atoms with van der Waals surface area (Å²) in [5.41, 5.74) is 1.44. The zero-order valence-electron chi connectivity index (χ0n) is 19.0. The van der Waals surface area contributed by atoms with Gasteiger partial charge in [0.2, 0.25) is 0 Å². The van der Waals surface area contributed by atoms with Crippen LogP contribution in [0.5, 0.6) is 0 Å². The van der Waals surface area contributed by atoms with Gasteiger partial charge in [0.15, 0.2) is 11.6 Å². The molecule has 0 bridgehead atoms. The van der Waals surface area contributed by atoms with Crippen LogP contribution in [-0.4, -0.2) is 86.4 Å². The molecule has 2 aliphatic rings. The average Bonchev–Trinajstić information content (AvgIpc) is 3.23. The van der Waals surface area contributed by atoms with Crippen molar-refractivity contribution in [1.29, 1.82) is 0 Å². The molecule has 0 aliphatic carbocycles. The van der Waals surface area contributed by atoms with E-state index in [9.17, 15) is 4.79 Å². The van der Waals surface area contributed by atoms with Gasteiger partial charge in [-0.2, -0.15) is 5.10 Å². The molecule has 0 spiro atoms. The Morgan fingerprint density at radius 3 is 2.84 bits per heavy atom. The Balaban J connectivity index is 1.57. The van der Waals surface area contributed by atoms with Gasteiger partial charge in [-0.1, -0.05) is 0 Å². The van der Waals surface area contributed by atoms with E-state index in [1.54, 1.807) is 25.5 Å². The predicted octanol–water partition coefficient (Wildman–Crippen LogP) is 2.19. The first kappa shape index (κ1) is 21.2. The predicted molar refractivity (Wildman–Crippen MR) is 120 cm³/mol. The van der Waals surface area contributed by atoms with Gasteiger partial charge in [0, 0.05) is 44.0 Å². The van der Waals surface area contributed by atoms with Crippen LogP contribution >= 0.6 is 0 Å². The molecule has 2 amide bonds. The molecule has 10 nitrogen and oxygen atoms in total. The molecule has 4 rings (SSSR count). The van der Waals surface area contributed by atoms with Gasteiger partial charge in [0.1, 0.15) is 5.82 Å². The monoisotopic (exact) mass is 425 g/mol. The molecule has 0 radical (unpaired) electrons. The highest BCUT2D eigenvalue weighted by atomic mass is 16.2. The summed E-state index contributed by atoms with van der Waals surface area (Å²) in [5, 5.41) is 10.9. The fraction of sp³-hybridized carbons (Fsp3) is 0.571. The molecule has 2 atom stereocenters. The molecule has 0 saturated carbocycles. The lowest BCUT2D eigenvalue weighted by atomic mass is 10.0. The third-order valence-corrected chi connectivity index (χ3v) is 6.41. The second kappa shape index (κ2) is 7.92. The number of aromatic amines is 1. The topological polar surface area (TPSA) is 106 Å². The van der Waals surface area contributed by atoms with E-state index in [1.807, 2.05) is 9.80 Å². The molecule has 31 heavy (non-hydrogen) atoms. The van der Waals surface area contributed by atoms with Crippen molar-refractivity contribution in [2.75, 3.05) is 32.5 Å². The van der Waals surface area contributed by atoms with Gasteiger partial charge in [-0.3, -0.25) is 15.0 Å². The van der Waals surface area contributed by atoms with E-state index in [2.05, 4.69) is 70.1 Å². The summed E-state index contributed by atoms with van der Waals surface area (Å²) in [6.07, 6.45) is 3.27.